The molecule has 4 nitrogen and oxygen atoms in total. The standard InChI is InChI=1S/C24H22O4/c1-18(27-23(25)20-8-4-2-5-9-20)12-13-19-14-16-22(17-15-19)28-24(26)21-10-6-3-7-11-21/h2-11,14-18H,12-13H2,1H3/t18-/m0/s1. The van der Waals surface area contributed by atoms with Crippen LogP contribution in [0.15, 0.2) is 84.9 Å². The first-order valence-corrected chi connectivity index (χ1v) is 9.24. The molecule has 0 saturated carbocycles. The van der Waals surface area contributed by atoms with Crippen LogP contribution in [-0.4, -0.2) is 18.0 Å². The van der Waals surface area contributed by atoms with Gasteiger partial charge >= 0.3 is 11.9 Å². The second kappa shape index (κ2) is 9.51. The Morgan fingerprint density at radius 3 is 1.86 bits per heavy atom. The van der Waals surface area contributed by atoms with Gasteiger partial charge < -0.3 is 9.47 Å². The van der Waals surface area contributed by atoms with Crippen molar-refractivity contribution in [2.24, 2.45) is 0 Å². The first-order chi connectivity index (χ1) is 13.6. The minimum atomic E-state index is -0.380. The molecule has 0 aliphatic heterocycles. The van der Waals surface area contributed by atoms with Gasteiger partial charge in [-0.25, -0.2) is 9.59 Å². The van der Waals surface area contributed by atoms with Crippen LogP contribution >= 0.6 is 0 Å². The SMILES string of the molecule is C[C@@H](CCc1ccc(OC(=O)c2ccccc2)cc1)OC(=O)c1ccccc1. The number of carbonyl (C=O) groups is 2. The van der Waals surface area contributed by atoms with E-state index in [1.165, 1.54) is 0 Å². The van der Waals surface area contributed by atoms with E-state index in [-0.39, 0.29) is 18.0 Å². The Hall–Kier alpha value is -3.40. The van der Waals surface area contributed by atoms with E-state index in [0.717, 1.165) is 12.0 Å². The van der Waals surface area contributed by atoms with Gasteiger partial charge in [-0.3, -0.25) is 0 Å². The van der Waals surface area contributed by atoms with Gasteiger partial charge in [-0.2, -0.15) is 0 Å². The van der Waals surface area contributed by atoms with E-state index in [0.29, 0.717) is 23.3 Å². The summed E-state index contributed by atoms with van der Waals surface area (Å²) in [5.41, 5.74) is 2.15. The van der Waals surface area contributed by atoms with Gasteiger partial charge in [-0.1, -0.05) is 48.5 Å². The molecule has 0 radical (unpaired) electrons. The van der Waals surface area contributed by atoms with E-state index in [2.05, 4.69) is 0 Å². The monoisotopic (exact) mass is 374 g/mol. The Kier molecular flexibility index (Phi) is 6.58. The highest BCUT2D eigenvalue weighted by atomic mass is 16.5. The average molecular weight is 374 g/mol. The van der Waals surface area contributed by atoms with Crippen molar-refractivity contribution in [3.63, 3.8) is 0 Å². The molecule has 3 rings (SSSR count). The number of ether oxygens (including phenoxy) is 2. The van der Waals surface area contributed by atoms with E-state index < -0.39 is 0 Å². The molecule has 1 atom stereocenters. The van der Waals surface area contributed by atoms with Crippen molar-refractivity contribution in [2.75, 3.05) is 0 Å². The summed E-state index contributed by atoms with van der Waals surface area (Å²) in [5.74, 6) is -0.188. The number of rotatable bonds is 7. The lowest BCUT2D eigenvalue weighted by Crippen LogP contribution is -2.15. The largest absolute Gasteiger partial charge is 0.459 e. The Morgan fingerprint density at radius 2 is 1.29 bits per heavy atom. The molecule has 0 aliphatic rings. The Morgan fingerprint density at radius 1 is 0.750 bits per heavy atom. The molecule has 0 amide bonds. The summed E-state index contributed by atoms with van der Waals surface area (Å²) in [5, 5.41) is 0. The average Bonchev–Trinajstić information content (AvgIpc) is 2.74. The summed E-state index contributed by atoms with van der Waals surface area (Å²) in [6.45, 7) is 1.89. The summed E-state index contributed by atoms with van der Waals surface area (Å²) < 4.78 is 10.8. The Bertz CT molecular complexity index is 902. The van der Waals surface area contributed by atoms with Gasteiger partial charge in [0.25, 0.3) is 0 Å². The lowest BCUT2D eigenvalue weighted by molar-refractivity contribution is 0.0325. The van der Waals surface area contributed by atoms with Crippen LogP contribution in [0.4, 0.5) is 0 Å². The fourth-order valence-corrected chi connectivity index (χ4v) is 2.72. The summed E-state index contributed by atoms with van der Waals surface area (Å²) in [6.07, 6.45) is 1.28. The molecule has 0 aliphatic carbocycles. The highest BCUT2D eigenvalue weighted by Crippen LogP contribution is 2.16. The minimum Gasteiger partial charge on any atom is -0.459 e. The van der Waals surface area contributed by atoms with Crippen LogP contribution in [0.1, 0.15) is 39.6 Å². The second-order valence-corrected chi connectivity index (χ2v) is 6.52. The molecular formula is C24H22O4. The molecule has 3 aromatic rings. The molecule has 0 fully saturated rings. The predicted octanol–water partition coefficient (Wildman–Crippen LogP) is 5.08. The van der Waals surface area contributed by atoms with Crippen molar-refractivity contribution in [1.82, 2.24) is 0 Å². The van der Waals surface area contributed by atoms with Crippen molar-refractivity contribution in [3.05, 3.63) is 102 Å². The molecular weight excluding hydrogens is 352 g/mol. The maximum atomic E-state index is 12.1. The number of carbonyl (C=O) groups excluding carboxylic acids is 2. The topological polar surface area (TPSA) is 52.6 Å². The summed E-state index contributed by atoms with van der Waals surface area (Å²) in [7, 11) is 0. The lowest BCUT2D eigenvalue weighted by Gasteiger charge is -2.13. The zero-order chi connectivity index (χ0) is 19.8. The molecule has 0 saturated heterocycles. The van der Waals surface area contributed by atoms with Gasteiger partial charge in [0, 0.05) is 0 Å². The van der Waals surface area contributed by atoms with Crippen LogP contribution in [0.25, 0.3) is 0 Å². The maximum absolute atomic E-state index is 12.1. The van der Waals surface area contributed by atoms with E-state index in [1.807, 2.05) is 43.3 Å². The van der Waals surface area contributed by atoms with Crippen LogP contribution in [0.5, 0.6) is 5.75 Å². The number of aryl methyl sites for hydroxylation is 1. The first-order valence-electron chi connectivity index (χ1n) is 9.24. The number of hydrogen-bond donors (Lipinski definition) is 0. The summed E-state index contributed by atoms with van der Waals surface area (Å²) >= 11 is 0. The van der Waals surface area contributed by atoms with Crippen LogP contribution in [-0.2, 0) is 11.2 Å². The smallest absolute Gasteiger partial charge is 0.343 e. The van der Waals surface area contributed by atoms with Crippen molar-refractivity contribution in [1.29, 1.82) is 0 Å². The molecule has 0 aromatic heterocycles. The van der Waals surface area contributed by atoms with Gasteiger partial charge in [0.1, 0.15) is 5.75 Å². The van der Waals surface area contributed by atoms with E-state index in [4.69, 9.17) is 9.47 Å². The van der Waals surface area contributed by atoms with Crippen LogP contribution in [0.2, 0.25) is 0 Å². The first kappa shape index (κ1) is 19.4. The fraction of sp³-hybridized carbons (Fsp3) is 0.167. The Labute approximate surface area is 164 Å². The fourth-order valence-electron chi connectivity index (χ4n) is 2.72. The Balaban J connectivity index is 1.47. The van der Waals surface area contributed by atoms with Crippen LogP contribution in [0.3, 0.4) is 0 Å². The van der Waals surface area contributed by atoms with Gasteiger partial charge in [0.05, 0.1) is 17.2 Å². The number of esters is 2. The van der Waals surface area contributed by atoms with Gasteiger partial charge in [-0.05, 0) is 61.7 Å². The molecule has 3 aromatic carbocycles. The molecule has 0 heterocycles. The highest BCUT2D eigenvalue weighted by Gasteiger charge is 2.12. The third kappa shape index (κ3) is 5.55. The number of hydrogen-bond acceptors (Lipinski definition) is 4. The molecule has 0 unspecified atom stereocenters. The molecule has 0 bridgehead atoms. The van der Waals surface area contributed by atoms with E-state index >= 15 is 0 Å². The van der Waals surface area contributed by atoms with Crippen LogP contribution in [0, 0.1) is 0 Å². The normalized spacial score (nSPS) is 11.5. The molecule has 4 heteroatoms. The molecule has 28 heavy (non-hydrogen) atoms. The third-order valence-electron chi connectivity index (χ3n) is 4.30. The second-order valence-electron chi connectivity index (χ2n) is 6.52. The van der Waals surface area contributed by atoms with Crippen molar-refractivity contribution < 1.29 is 19.1 Å². The van der Waals surface area contributed by atoms with Gasteiger partial charge in [0.15, 0.2) is 0 Å². The predicted molar refractivity (Wildman–Crippen MR) is 107 cm³/mol. The third-order valence-corrected chi connectivity index (χ3v) is 4.30. The van der Waals surface area contributed by atoms with Crippen molar-refractivity contribution >= 4 is 11.9 Å². The van der Waals surface area contributed by atoms with Gasteiger partial charge in [0.2, 0.25) is 0 Å². The zero-order valence-corrected chi connectivity index (χ0v) is 15.7. The summed E-state index contributed by atoms with van der Waals surface area (Å²) in [6, 6.07) is 25.2. The highest BCUT2D eigenvalue weighted by molar-refractivity contribution is 5.91. The van der Waals surface area contributed by atoms with E-state index in [9.17, 15) is 9.59 Å². The zero-order valence-electron chi connectivity index (χ0n) is 15.7. The van der Waals surface area contributed by atoms with Crippen LogP contribution < -0.4 is 4.74 Å². The quantitative estimate of drug-likeness (QED) is 0.427. The minimum absolute atomic E-state index is 0.191. The number of benzene rings is 3. The molecule has 0 spiro atoms. The molecule has 0 N–H and O–H groups in total. The van der Waals surface area contributed by atoms with E-state index in [1.54, 1.807) is 48.5 Å². The molecule has 142 valence electrons. The lowest BCUT2D eigenvalue weighted by atomic mass is 10.1. The van der Waals surface area contributed by atoms with Gasteiger partial charge in [-0.15, -0.1) is 0 Å². The summed E-state index contributed by atoms with van der Waals surface area (Å²) in [4.78, 5) is 24.1. The van der Waals surface area contributed by atoms with Crippen molar-refractivity contribution in [2.45, 2.75) is 25.9 Å². The maximum Gasteiger partial charge on any atom is 0.343 e. The van der Waals surface area contributed by atoms with Crippen molar-refractivity contribution in [3.8, 4) is 5.75 Å².